The lowest BCUT2D eigenvalue weighted by Gasteiger charge is -2.32. The maximum atomic E-state index is 11.5. The molecule has 1 unspecified atom stereocenters. The molecule has 0 spiro atoms. The van der Waals surface area contributed by atoms with Gasteiger partial charge in [0.1, 0.15) is 6.04 Å². The molecule has 0 aliphatic carbocycles. The van der Waals surface area contributed by atoms with Crippen molar-refractivity contribution >= 4 is 5.97 Å². The highest BCUT2D eigenvalue weighted by atomic mass is 16.5. The van der Waals surface area contributed by atoms with Crippen LogP contribution in [0.1, 0.15) is 26.7 Å². The van der Waals surface area contributed by atoms with Crippen LogP contribution in [0, 0.1) is 17.2 Å². The van der Waals surface area contributed by atoms with Crippen LogP contribution in [0.15, 0.2) is 0 Å². The van der Waals surface area contributed by atoms with Crippen LogP contribution in [0.4, 0.5) is 0 Å². The van der Waals surface area contributed by atoms with Crippen LogP contribution in [0.3, 0.4) is 0 Å². The van der Waals surface area contributed by atoms with Crippen LogP contribution >= 0.6 is 0 Å². The summed E-state index contributed by atoms with van der Waals surface area (Å²) >= 11 is 0. The van der Waals surface area contributed by atoms with E-state index in [-0.39, 0.29) is 17.9 Å². The number of hydrogen-bond acceptors (Lipinski definition) is 4. The van der Waals surface area contributed by atoms with Gasteiger partial charge in [0.25, 0.3) is 0 Å². The Morgan fingerprint density at radius 2 is 2.20 bits per heavy atom. The lowest BCUT2D eigenvalue weighted by atomic mass is 9.97. The zero-order valence-electron chi connectivity index (χ0n) is 9.40. The Morgan fingerprint density at radius 1 is 1.60 bits per heavy atom. The lowest BCUT2D eigenvalue weighted by Crippen LogP contribution is -2.44. The molecule has 0 amide bonds. The molecule has 0 radical (unpaired) electrons. The molecule has 4 heteroatoms. The zero-order chi connectivity index (χ0) is 11.3. The molecule has 1 heterocycles. The lowest BCUT2D eigenvalue weighted by molar-refractivity contribution is -0.149. The summed E-state index contributed by atoms with van der Waals surface area (Å²) in [5, 5.41) is 8.75. The number of nitrogens with zero attached hydrogens (tertiary/aromatic N) is 2. The van der Waals surface area contributed by atoms with E-state index in [1.165, 1.54) is 0 Å². The van der Waals surface area contributed by atoms with E-state index in [2.05, 4.69) is 11.0 Å². The number of piperidine rings is 1. The van der Waals surface area contributed by atoms with Crippen molar-refractivity contribution in [3.8, 4) is 6.07 Å². The molecule has 0 aromatic heterocycles. The fraction of sp³-hybridized carbons (Fsp3) is 0.818. The van der Waals surface area contributed by atoms with Crippen molar-refractivity contribution < 1.29 is 9.53 Å². The minimum absolute atomic E-state index is 0.159. The quantitative estimate of drug-likeness (QED) is 0.656. The van der Waals surface area contributed by atoms with Gasteiger partial charge >= 0.3 is 5.97 Å². The van der Waals surface area contributed by atoms with Crippen molar-refractivity contribution in [2.45, 2.75) is 32.7 Å². The number of likely N-dealkylation sites (tertiary alicyclic amines) is 1. The summed E-state index contributed by atoms with van der Waals surface area (Å²) in [6.45, 7) is 5.74. The predicted molar refractivity (Wildman–Crippen MR) is 56.0 cm³/mol. The minimum Gasteiger partial charge on any atom is -0.465 e. The summed E-state index contributed by atoms with van der Waals surface area (Å²) in [5.74, 6) is 0.00329. The summed E-state index contributed by atoms with van der Waals surface area (Å²) < 4.78 is 4.96. The summed E-state index contributed by atoms with van der Waals surface area (Å²) in [5.41, 5.74) is 0. The predicted octanol–water partition coefficient (Wildman–Crippen LogP) is 1.17. The highest BCUT2D eigenvalue weighted by molar-refractivity contribution is 5.75. The van der Waals surface area contributed by atoms with E-state index in [9.17, 15) is 4.79 Å². The highest BCUT2D eigenvalue weighted by Crippen LogP contribution is 2.18. The van der Waals surface area contributed by atoms with E-state index in [1.807, 2.05) is 13.8 Å². The second kappa shape index (κ2) is 5.72. The summed E-state index contributed by atoms with van der Waals surface area (Å²) in [4.78, 5) is 13.6. The first-order chi connectivity index (χ1) is 7.19. The number of nitriles is 1. The standard InChI is InChI=1S/C11H18N2O2/c1-3-15-11(14)9(2)13-6-4-10(8-12)5-7-13/h9-10H,3-7H2,1-2H3. The molecule has 1 atom stereocenters. The van der Waals surface area contributed by atoms with Gasteiger partial charge in [-0.3, -0.25) is 9.69 Å². The molecule has 0 aromatic carbocycles. The molecule has 15 heavy (non-hydrogen) atoms. The van der Waals surface area contributed by atoms with Crippen molar-refractivity contribution in [3.05, 3.63) is 0 Å². The highest BCUT2D eigenvalue weighted by Gasteiger charge is 2.26. The number of hydrogen-bond donors (Lipinski definition) is 0. The van der Waals surface area contributed by atoms with Crippen molar-refractivity contribution in [1.29, 1.82) is 5.26 Å². The Hall–Kier alpha value is -1.08. The Morgan fingerprint density at radius 3 is 2.67 bits per heavy atom. The zero-order valence-corrected chi connectivity index (χ0v) is 9.40. The van der Waals surface area contributed by atoms with Gasteiger partial charge in [-0.1, -0.05) is 0 Å². The van der Waals surface area contributed by atoms with Crippen LogP contribution in [-0.2, 0) is 9.53 Å². The SMILES string of the molecule is CCOC(=O)C(C)N1CCC(C#N)CC1. The number of carbonyl (C=O) groups excluding carboxylic acids is 1. The third-order valence-electron chi connectivity index (χ3n) is 2.89. The van der Waals surface area contributed by atoms with E-state index in [4.69, 9.17) is 10.00 Å². The molecular formula is C11H18N2O2. The molecule has 0 aromatic rings. The second-order valence-electron chi connectivity index (χ2n) is 3.87. The van der Waals surface area contributed by atoms with Gasteiger partial charge in [-0.2, -0.15) is 5.26 Å². The van der Waals surface area contributed by atoms with Gasteiger partial charge in [-0.25, -0.2) is 0 Å². The molecule has 1 saturated heterocycles. The molecule has 4 nitrogen and oxygen atoms in total. The maximum Gasteiger partial charge on any atom is 0.323 e. The largest absolute Gasteiger partial charge is 0.465 e. The first-order valence-corrected chi connectivity index (χ1v) is 5.49. The van der Waals surface area contributed by atoms with Crippen LogP contribution < -0.4 is 0 Å². The third kappa shape index (κ3) is 3.21. The first-order valence-electron chi connectivity index (χ1n) is 5.49. The average molecular weight is 210 g/mol. The number of carbonyl (C=O) groups is 1. The van der Waals surface area contributed by atoms with Gasteiger partial charge in [0, 0.05) is 19.0 Å². The number of rotatable bonds is 3. The Kier molecular flexibility index (Phi) is 4.57. The molecule has 84 valence electrons. The van der Waals surface area contributed by atoms with Gasteiger partial charge in [-0.15, -0.1) is 0 Å². The molecule has 1 fully saturated rings. The van der Waals surface area contributed by atoms with Crippen molar-refractivity contribution in [3.63, 3.8) is 0 Å². The Bertz CT molecular complexity index is 252. The smallest absolute Gasteiger partial charge is 0.323 e. The summed E-state index contributed by atoms with van der Waals surface area (Å²) in [6, 6.07) is 2.10. The van der Waals surface area contributed by atoms with Crippen LogP contribution in [0.2, 0.25) is 0 Å². The van der Waals surface area contributed by atoms with E-state index in [1.54, 1.807) is 0 Å². The molecule has 1 aliphatic rings. The molecule has 1 aliphatic heterocycles. The molecule has 0 saturated carbocycles. The summed E-state index contributed by atoms with van der Waals surface area (Å²) in [7, 11) is 0. The molecule has 0 N–H and O–H groups in total. The minimum atomic E-state index is -0.176. The van der Waals surface area contributed by atoms with Crippen molar-refractivity contribution in [2.24, 2.45) is 5.92 Å². The third-order valence-corrected chi connectivity index (χ3v) is 2.89. The van der Waals surface area contributed by atoms with E-state index in [0.29, 0.717) is 6.61 Å². The van der Waals surface area contributed by atoms with Gasteiger partial charge in [-0.05, 0) is 26.7 Å². The second-order valence-corrected chi connectivity index (χ2v) is 3.87. The maximum absolute atomic E-state index is 11.5. The van der Waals surface area contributed by atoms with Crippen LogP contribution in [0.5, 0.6) is 0 Å². The van der Waals surface area contributed by atoms with E-state index >= 15 is 0 Å². The molecule has 0 bridgehead atoms. The summed E-state index contributed by atoms with van der Waals surface area (Å²) in [6.07, 6.45) is 1.72. The topological polar surface area (TPSA) is 53.3 Å². The van der Waals surface area contributed by atoms with Gasteiger partial charge < -0.3 is 4.74 Å². The fourth-order valence-electron chi connectivity index (χ4n) is 1.83. The normalized spacial score (nSPS) is 20.6. The average Bonchev–Trinajstić information content (AvgIpc) is 2.28. The fourth-order valence-corrected chi connectivity index (χ4v) is 1.83. The van der Waals surface area contributed by atoms with E-state index < -0.39 is 0 Å². The molecular weight excluding hydrogens is 192 g/mol. The van der Waals surface area contributed by atoms with Crippen molar-refractivity contribution in [1.82, 2.24) is 4.90 Å². The number of ether oxygens (including phenoxy) is 1. The van der Waals surface area contributed by atoms with E-state index in [0.717, 1.165) is 25.9 Å². The van der Waals surface area contributed by atoms with Gasteiger partial charge in [0.2, 0.25) is 0 Å². The first kappa shape index (κ1) is 12.0. The monoisotopic (exact) mass is 210 g/mol. The van der Waals surface area contributed by atoms with Crippen molar-refractivity contribution in [2.75, 3.05) is 19.7 Å². The number of esters is 1. The van der Waals surface area contributed by atoms with Gasteiger partial charge in [0.15, 0.2) is 0 Å². The van der Waals surface area contributed by atoms with Crippen LogP contribution in [0.25, 0.3) is 0 Å². The van der Waals surface area contributed by atoms with Gasteiger partial charge in [0.05, 0.1) is 12.7 Å². The molecule has 1 rings (SSSR count). The Labute approximate surface area is 90.8 Å². The van der Waals surface area contributed by atoms with Crippen LogP contribution in [-0.4, -0.2) is 36.6 Å². The Balaban J connectivity index is 2.39.